The highest BCUT2D eigenvalue weighted by Crippen LogP contribution is 2.37. The Balaban J connectivity index is 1.15. The minimum atomic E-state index is 0.189. The molecule has 1 saturated heterocycles. The Kier molecular flexibility index (Phi) is 5.43. The van der Waals surface area contributed by atoms with Crippen molar-refractivity contribution >= 4 is 17.4 Å². The second-order valence-electron chi connectivity index (χ2n) is 9.12. The van der Waals surface area contributed by atoms with Gasteiger partial charge in [-0.05, 0) is 79.9 Å². The molecular weight excluding hydrogens is 372 g/mol. The molecule has 4 heteroatoms. The molecule has 156 valence electrons. The van der Waals surface area contributed by atoms with Crippen LogP contribution in [0.1, 0.15) is 52.7 Å². The first-order chi connectivity index (χ1) is 14.7. The van der Waals surface area contributed by atoms with Crippen molar-refractivity contribution in [2.75, 3.05) is 31.1 Å². The summed E-state index contributed by atoms with van der Waals surface area (Å²) >= 11 is 0. The lowest BCUT2D eigenvalue weighted by Gasteiger charge is -2.32. The third kappa shape index (κ3) is 3.93. The van der Waals surface area contributed by atoms with Crippen LogP contribution in [0.2, 0.25) is 0 Å². The van der Waals surface area contributed by atoms with Crippen molar-refractivity contribution in [2.45, 2.75) is 44.9 Å². The van der Waals surface area contributed by atoms with Gasteiger partial charge in [-0.2, -0.15) is 0 Å². The van der Waals surface area contributed by atoms with Gasteiger partial charge in [-0.1, -0.05) is 30.3 Å². The Bertz CT molecular complexity index is 945. The number of carbonyl (C=O) groups excluding carboxylic acids is 2. The molecular formula is C26H30N2O2. The van der Waals surface area contributed by atoms with E-state index in [4.69, 9.17) is 0 Å². The number of aryl methyl sites for hydroxylation is 1. The first-order valence-corrected chi connectivity index (χ1v) is 11.4. The molecule has 1 amide bonds. The quantitative estimate of drug-likeness (QED) is 0.685. The van der Waals surface area contributed by atoms with E-state index in [-0.39, 0.29) is 11.7 Å². The number of likely N-dealkylation sites (tertiary alicyclic amines) is 1. The monoisotopic (exact) mass is 402 g/mol. The van der Waals surface area contributed by atoms with Gasteiger partial charge in [0.05, 0.1) is 12.1 Å². The van der Waals surface area contributed by atoms with Crippen LogP contribution in [-0.4, -0.2) is 42.8 Å². The Morgan fingerprint density at radius 1 is 1.00 bits per heavy atom. The number of carbonyl (C=O) groups is 2. The summed E-state index contributed by atoms with van der Waals surface area (Å²) in [4.78, 5) is 29.5. The normalized spacial score (nSPS) is 19.2. The number of anilines is 1. The summed E-state index contributed by atoms with van der Waals surface area (Å²) in [5.41, 5.74) is 5.59. The van der Waals surface area contributed by atoms with Crippen molar-refractivity contribution in [3.8, 4) is 0 Å². The van der Waals surface area contributed by atoms with Crippen LogP contribution >= 0.6 is 0 Å². The zero-order chi connectivity index (χ0) is 20.5. The van der Waals surface area contributed by atoms with Crippen LogP contribution in [-0.2, 0) is 24.1 Å². The van der Waals surface area contributed by atoms with E-state index in [0.717, 1.165) is 61.8 Å². The van der Waals surface area contributed by atoms with Crippen LogP contribution in [0.5, 0.6) is 0 Å². The number of ketones is 1. The average Bonchev–Trinajstić information content (AvgIpc) is 3.10. The topological polar surface area (TPSA) is 40.6 Å². The third-order valence-electron chi connectivity index (χ3n) is 7.06. The Morgan fingerprint density at radius 3 is 2.57 bits per heavy atom. The van der Waals surface area contributed by atoms with E-state index in [1.165, 1.54) is 30.4 Å². The van der Waals surface area contributed by atoms with E-state index in [9.17, 15) is 9.59 Å². The van der Waals surface area contributed by atoms with Gasteiger partial charge in [-0.15, -0.1) is 0 Å². The van der Waals surface area contributed by atoms with E-state index >= 15 is 0 Å². The Labute approximate surface area is 178 Å². The molecule has 0 N–H and O–H groups in total. The molecule has 0 atom stereocenters. The molecule has 5 rings (SSSR count). The molecule has 0 spiro atoms. The van der Waals surface area contributed by atoms with Crippen LogP contribution in [0.25, 0.3) is 0 Å². The number of hydrogen-bond acceptors (Lipinski definition) is 3. The lowest BCUT2D eigenvalue weighted by molar-refractivity contribution is -0.117. The molecule has 0 aliphatic carbocycles. The molecule has 0 saturated carbocycles. The van der Waals surface area contributed by atoms with E-state index < -0.39 is 0 Å². The van der Waals surface area contributed by atoms with Gasteiger partial charge in [0, 0.05) is 25.1 Å². The van der Waals surface area contributed by atoms with Gasteiger partial charge in [0.25, 0.3) is 0 Å². The highest BCUT2D eigenvalue weighted by molar-refractivity contribution is 6.05. The zero-order valence-electron chi connectivity index (χ0n) is 17.6. The van der Waals surface area contributed by atoms with Crippen LogP contribution in [0.15, 0.2) is 42.5 Å². The molecule has 3 heterocycles. The zero-order valence-corrected chi connectivity index (χ0v) is 17.6. The second-order valence-corrected chi connectivity index (χ2v) is 9.12. The Morgan fingerprint density at radius 2 is 1.77 bits per heavy atom. The summed E-state index contributed by atoms with van der Waals surface area (Å²) in [5, 5.41) is 0. The van der Waals surface area contributed by atoms with Crippen molar-refractivity contribution in [2.24, 2.45) is 5.92 Å². The van der Waals surface area contributed by atoms with Crippen molar-refractivity contribution in [1.29, 1.82) is 0 Å². The SMILES string of the molecule is O=C(CCN1CCC(Cc2ccccc2)CC1)c1cc2c3c(c1)CC(=O)N3CCC2. The van der Waals surface area contributed by atoms with E-state index in [0.29, 0.717) is 12.8 Å². The Hall–Kier alpha value is -2.46. The third-order valence-corrected chi connectivity index (χ3v) is 7.06. The molecule has 3 aliphatic rings. The number of Topliss-reactive ketones (excluding diaryl/α,β-unsaturated/α-hetero) is 1. The van der Waals surface area contributed by atoms with Crippen molar-refractivity contribution in [3.05, 3.63) is 64.7 Å². The first-order valence-electron chi connectivity index (χ1n) is 11.4. The van der Waals surface area contributed by atoms with E-state index in [1.807, 2.05) is 11.0 Å². The van der Waals surface area contributed by atoms with Crippen molar-refractivity contribution in [1.82, 2.24) is 4.90 Å². The van der Waals surface area contributed by atoms with E-state index in [1.54, 1.807) is 0 Å². The van der Waals surface area contributed by atoms with Crippen molar-refractivity contribution < 1.29 is 9.59 Å². The van der Waals surface area contributed by atoms with E-state index in [2.05, 4.69) is 41.3 Å². The number of piperidine rings is 1. The molecule has 0 radical (unpaired) electrons. The predicted molar refractivity (Wildman–Crippen MR) is 119 cm³/mol. The number of amides is 1. The largest absolute Gasteiger partial charge is 0.312 e. The molecule has 0 aromatic heterocycles. The summed E-state index contributed by atoms with van der Waals surface area (Å²) in [6, 6.07) is 14.8. The fraction of sp³-hybridized carbons (Fsp3) is 0.462. The lowest BCUT2D eigenvalue weighted by Crippen LogP contribution is -2.35. The number of rotatable bonds is 6. The summed E-state index contributed by atoms with van der Waals surface area (Å²) in [5.74, 6) is 1.16. The molecule has 2 aromatic carbocycles. The van der Waals surface area contributed by atoms with Gasteiger partial charge < -0.3 is 9.80 Å². The fourth-order valence-electron chi connectivity index (χ4n) is 5.41. The van der Waals surface area contributed by atoms with Crippen LogP contribution in [0.4, 0.5) is 5.69 Å². The average molecular weight is 403 g/mol. The molecule has 0 unspecified atom stereocenters. The standard InChI is InChI=1S/C26H30N2O2/c29-24(22-16-21-7-4-11-28-25(30)18-23(17-22)26(21)28)10-14-27-12-8-20(9-13-27)15-19-5-2-1-3-6-19/h1-3,5-6,16-17,20H,4,7-15,18H2. The predicted octanol–water partition coefficient (Wildman–Crippen LogP) is 4.05. The maximum absolute atomic E-state index is 12.9. The molecule has 30 heavy (non-hydrogen) atoms. The van der Waals surface area contributed by atoms with Crippen LogP contribution in [0.3, 0.4) is 0 Å². The minimum absolute atomic E-state index is 0.189. The smallest absolute Gasteiger partial charge is 0.231 e. The number of benzene rings is 2. The summed E-state index contributed by atoms with van der Waals surface area (Å²) < 4.78 is 0. The lowest BCUT2D eigenvalue weighted by atomic mass is 9.90. The van der Waals surface area contributed by atoms with Gasteiger partial charge in [-0.3, -0.25) is 9.59 Å². The summed E-state index contributed by atoms with van der Waals surface area (Å²) in [6.45, 7) is 3.84. The highest BCUT2D eigenvalue weighted by atomic mass is 16.2. The second kappa shape index (κ2) is 8.35. The first kappa shape index (κ1) is 19.5. The molecule has 3 aliphatic heterocycles. The molecule has 4 nitrogen and oxygen atoms in total. The van der Waals surface area contributed by atoms with Gasteiger partial charge in [0.15, 0.2) is 5.78 Å². The van der Waals surface area contributed by atoms with Crippen LogP contribution < -0.4 is 4.90 Å². The molecule has 1 fully saturated rings. The summed E-state index contributed by atoms with van der Waals surface area (Å²) in [6.07, 6.45) is 6.59. The van der Waals surface area contributed by atoms with Gasteiger partial charge in [-0.25, -0.2) is 0 Å². The fourth-order valence-corrected chi connectivity index (χ4v) is 5.41. The van der Waals surface area contributed by atoms with Gasteiger partial charge >= 0.3 is 0 Å². The maximum atomic E-state index is 12.9. The number of hydrogen-bond donors (Lipinski definition) is 0. The number of nitrogens with zero attached hydrogens (tertiary/aromatic N) is 2. The van der Waals surface area contributed by atoms with Gasteiger partial charge in [0.2, 0.25) is 5.91 Å². The molecule has 2 aromatic rings. The van der Waals surface area contributed by atoms with Gasteiger partial charge in [0.1, 0.15) is 0 Å². The molecule has 0 bridgehead atoms. The van der Waals surface area contributed by atoms with Crippen molar-refractivity contribution in [3.63, 3.8) is 0 Å². The highest BCUT2D eigenvalue weighted by Gasteiger charge is 2.33. The maximum Gasteiger partial charge on any atom is 0.231 e. The van der Waals surface area contributed by atoms with Crippen LogP contribution in [0, 0.1) is 5.92 Å². The minimum Gasteiger partial charge on any atom is -0.312 e. The summed E-state index contributed by atoms with van der Waals surface area (Å²) in [7, 11) is 0.